The van der Waals surface area contributed by atoms with Crippen molar-refractivity contribution in [2.75, 3.05) is 32.8 Å². The molecule has 4 heterocycles. The van der Waals surface area contributed by atoms with Gasteiger partial charge in [-0.3, -0.25) is 23.9 Å². The fraction of sp³-hybridized carbons (Fsp3) is 0.448. The number of rotatable bonds is 8. The summed E-state index contributed by atoms with van der Waals surface area (Å²) in [7, 11) is 0. The number of aliphatic carboxylic acids is 1. The quantitative estimate of drug-likeness (QED) is 0.258. The Morgan fingerprint density at radius 3 is 2.60 bits per heavy atom. The second kappa shape index (κ2) is 13.2. The molecule has 1 aromatic carbocycles. The lowest BCUT2D eigenvalue weighted by atomic mass is 9.97. The number of carbonyl (C=O) groups excluding carboxylic acids is 1. The minimum Gasteiger partial charge on any atom is -0.481 e. The largest absolute Gasteiger partial charge is 0.481 e. The Balaban J connectivity index is 1.15. The second-order valence-corrected chi connectivity index (χ2v) is 10.7. The van der Waals surface area contributed by atoms with Crippen LogP contribution in [-0.2, 0) is 14.3 Å². The molecule has 0 bridgehead atoms. The Bertz CT molecular complexity index is 1640. The van der Waals surface area contributed by atoms with Crippen molar-refractivity contribution in [1.29, 1.82) is 0 Å². The summed E-state index contributed by atoms with van der Waals surface area (Å²) in [6.45, 7) is 3.79. The van der Waals surface area contributed by atoms with Crippen LogP contribution in [0.5, 0.6) is 0 Å². The average Bonchev–Trinajstić information content (AvgIpc) is 3.66. The summed E-state index contributed by atoms with van der Waals surface area (Å²) >= 11 is 0. The second-order valence-electron chi connectivity index (χ2n) is 10.7. The van der Waals surface area contributed by atoms with Gasteiger partial charge in [-0.25, -0.2) is 9.48 Å². The third-order valence-electron chi connectivity index (χ3n) is 7.84. The van der Waals surface area contributed by atoms with Gasteiger partial charge in [-0.2, -0.15) is 0 Å². The molecule has 3 atom stereocenters. The van der Waals surface area contributed by atoms with Crippen LogP contribution in [0.4, 0.5) is 0 Å². The number of aliphatic hydroxyl groups is 1. The molecule has 2 aromatic heterocycles. The van der Waals surface area contributed by atoms with Crippen LogP contribution in [0.15, 0.2) is 46.2 Å². The van der Waals surface area contributed by atoms with Gasteiger partial charge in [0.15, 0.2) is 0 Å². The minimum absolute atomic E-state index is 0.282. The van der Waals surface area contributed by atoms with Gasteiger partial charge in [-0.15, -0.1) is 5.10 Å². The number of hydrogen-bond acceptors (Lipinski definition) is 9. The number of ether oxygens (including phenoxy) is 1. The highest BCUT2D eigenvalue weighted by Gasteiger charge is 2.38. The smallest absolute Gasteiger partial charge is 0.330 e. The van der Waals surface area contributed by atoms with Crippen LogP contribution in [0.25, 0.3) is 11.3 Å². The van der Waals surface area contributed by atoms with Crippen LogP contribution in [0, 0.1) is 24.7 Å². The molecule has 0 saturated carbocycles. The van der Waals surface area contributed by atoms with Crippen LogP contribution < -0.4 is 16.6 Å². The number of amides is 1. The van der Waals surface area contributed by atoms with Gasteiger partial charge in [0.1, 0.15) is 18.0 Å². The highest BCUT2D eigenvalue weighted by Crippen LogP contribution is 2.36. The van der Waals surface area contributed by atoms with E-state index in [1.54, 1.807) is 29.9 Å². The molecule has 43 heavy (non-hydrogen) atoms. The average molecular weight is 592 g/mol. The number of nitrogens with one attached hydrogen (secondary N) is 2. The molecule has 3 unspecified atom stereocenters. The van der Waals surface area contributed by atoms with Crippen molar-refractivity contribution in [3.63, 3.8) is 0 Å². The topological polar surface area (TPSA) is 185 Å². The molecule has 14 nitrogen and oxygen atoms in total. The normalized spacial score (nSPS) is 20.8. The highest BCUT2D eigenvalue weighted by atomic mass is 16.5. The molecule has 14 heteroatoms. The predicted molar refractivity (Wildman–Crippen MR) is 153 cm³/mol. The van der Waals surface area contributed by atoms with Crippen molar-refractivity contribution in [2.24, 2.45) is 5.92 Å². The molecule has 2 aliphatic rings. The van der Waals surface area contributed by atoms with Crippen molar-refractivity contribution in [1.82, 2.24) is 34.8 Å². The molecule has 0 spiro atoms. The van der Waals surface area contributed by atoms with Crippen molar-refractivity contribution in [2.45, 2.75) is 44.6 Å². The van der Waals surface area contributed by atoms with Crippen LogP contribution in [0.3, 0.4) is 0 Å². The monoisotopic (exact) mass is 591 g/mol. The maximum absolute atomic E-state index is 12.3. The molecule has 0 radical (unpaired) electrons. The molecule has 0 aliphatic carbocycles. The van der Waals surface area contributed by atoms with Gasteiger partial charge in [0, 0.05) is 48.3 Å². The maximum Gasteiger partial charge on any atom is 0.330 e. The van der Waals surface area contributed by atoms with Crippen LogP contribution in [0.1, 0.15) is 42.7 Å². The number of carboxylic acids is 1. The SMILES string of the molecule is Cc1cn(C2CC(n3cc(-c4ccc(C#CC(=O)NCCN5CCC(C(=O)O)CC5)cc4)nn3)C(CO)O2)c(=O)[nH]c1=O. The molecule has 1 amide bonds. The van der Waals surface area contributed by atoms with Gasteiger partial charge < -0.3 is 25.2 Å². The van der Waals surface area contributed by atoms with E-state index in [1.807, 2.05) is 12.1 Å². The summed E-state index contributed by atoms with van der Waals surface area (Å²) < 4.78 is 8.83. The molecule has 2 fully saturated rings. The number of aromatic nitrogens is 5. The standard InChI is InChI=1S/C29H33N7O7/c1-18-15-35(29(42)31-27(18)39)26-14-23(24(17-37)43-26)36-16-22(32-33-36)20-5-2-19(3-6-20)4-7-25(38)30-10-13-34-11-8-21(9-12-34)28(40)41/h2-3,5-6,15-16,21,23-24,26,37H,8-14,17H2,1H3,(H,30,38)(H,40,41)(H,31,39,42). The Hall–Kier alpha value is -4.58. The van der Waals surface area contributed by atoms with Gasteiger partial charge in [-0.05, 0) is 45.0 Å². The number of likely N-dealkylation sites (tertiary alicyclic amines) is 1. The Kier molecular flexibility index (Phi) is 9.15. The summed E-state index contributed by atoms with van der Waals surface area (Å²) in [6.07, 6.45) is 3.43. The molecular formula is C29H33N7O7. The van der Waals surface area contributed by atoms with E-state index in [1.165, 1.54) is 10.8 Å². The number of aromatic amines is 1. The maximum atomic E-state index is 12.3. The van der Waals surface area contributed by atoms with E-state index < -0.39 is 35.6 Å². The van der Waals surface area contributed by atoms with Crippen molar-refractivity contribution in [3.05, 3.63) is 68.6 Å². The number of H-pyrrole nitrogens is 1. The van der Waals surface area contributed by atoms with Crippen molar-refractivity contribution >= 4 is 11.9 Å². The van der Waals surface area contributed by atoms with E-state index in [2.05, 4.69) is 37.4 Å². The first kappa shape index (κ1) is 29.9. The molecule has 2 aliphatic heterocycles. The number of aryl methyl sites for hydroxylation is 1. The summed E-state index contributed by atoms with van der Waals surface area (Å²) in [5, 5.41) is 30.3. The van der Waals surface area contributed by atoms with Crippen molar-refractivity contribution < 1.29 is 24.5 Å². The lowest BCUT2D eigenvalue weighted by Gasteiger charge is -2.29. The third kappa shape index (κ3) is 7.08. The lowest BCUT2D eigenvalue weighted by Crippen LogP contribution is -2.40. The first-order chi connectivity index (χ1) is 20.7. The number of aliphatic hydroxyl groups excluding tert-OH is 1. The number of carboxylic acid groups (broad SMARTS) is 1. The zero-order valence-electron chi connectivity index (χ0n) is 23.6. The van der Waals surface area contributed by atoms with Gasteiger partial charge in [0.05, 0.1) is 24.8 Å². The highest BCUT2D eigenvalue weighted by molar-refractivity contribution is 5.94. The van der Waals surface area contributed by atoms with Gasteiger partial charge >= 0.3 is 11.7 Å². The summed E-state index contributed by atoms with van der Waals surface area (Å²) in [6, 6.07) is 6.79. The minimum atomic E-state index is -0.744. The first-order valence-electron chi connectivity index (χ1n) is 14.1. The summed E-state index contributed by atoms with van der Waals surface area (Å²) in [4.78, 5) is 51.7. The summed E-state index contributed by atoms with van der Waals surface area (Å²) in [5.74, 6) is 4.03. The molecule has 5 rings (SSSR count). The fourth-order valence-corrected chi connectivity index (χ4v) is 5.33. The number of nitrogens with zero attached hydrogens (tertiary/aromatic N) is 5. The van der Waals surface area contributed by atoms with Crippen LogP contribution >= 0.6 is 0 Å². The van der Waals surface area contributed by atoms with Gasteiger partial charge in [0.2, 0.25) is 0 Å². The Labute approximate surface area is 246 Å². The lowest BCUT2D eigenvalue weighted by molar-refractivity contribution is -0.143. The van der Waals surface area contributed by atoms with E-state index in [0.717, 1.165) is 5.56 Å². The van der Waals surface area contributed by atoms with Crippen molar-refractivity contribution in [3.8, 4) is 23.1 Å². The summed E-state index contributed by atoms with van der Waals surface area (Å²) in [5.41, 5.74) is 1.33. The molecule has 3 aromatic rings. The van der Waals surface area contributed by atoms with Gasteiger partial charge in [0.25, 0.3) is 11.5 Å². The molecular weight excluding hydrogens is 558 g/mol. The number of piperidine rings is 1. The predicted octanol–water partition coefficient (Wildman–Crippen LogP) is -0.111. The number of hydrogen-bond donors (Lipinski definition) is 4. The Morgan fingerprint density at radius 1 is 1.16 bits per heavy atom. The van der Waals surface area contributed by atoms with E-state index >= 15 is 0 Å². The number of benzene rings is 1. The first-order valence-corrected chi connectivity index (χ1v) is 14.1. The molecule has 2 saturated heterocycles. The fourth-order valence-electron chi connectivity index (χ4n) is 5.33. The van der Waals surface area contributed by atoms with Crippen LogP contribution in [0.2, 0.25) is 0 Å². The van der Waals surface area contributed by atoms with E-state index in [0.29, 0.717) is 62.3 Å². The zero-order valence-corrected chi connectivity index (χ0v) is 23.6. The molecule has 4 N–H and O–H groups in total. The third-order valence-corrected chi connectivity index (χ3v) is 7.84. The van der Waals surface area contributed by atoms with Crippen LogP contribution in [-0.4, -0.2) is 90.4 Å². The van der Waals surface area contributed by atoms with E-state index in [-0.39, 0.29) is 18.4 Å². The zero-order chi connectivity index (χ0) is 30.5. The Morgan fingerprint density at radius 2 is 1.91 bits per heavy atom. The molecule has 226 valence electrons. The van der Waals surface area contributed by atoms with E-state index in [9.17, 15) is 24.3 Å². The number of carbonyl (C=O) groups is 2. The van der Waals surface area contributed by atoms with Gasteiger partial charge in [-0.1, -0.05) is 23.3 Å². The van der Waals surface area contributed by atoms with E-state index in [4.69, 9.17) is 9.84 Å².